The number of benzene rings is 2. The Labute approximate surface area is 159 Å². The van der Waals surface area contributed by atoms with E-state index in [-0.39, 0.29) is 8.81 Å². The highest BCUT2D eigenvalue weighted by atomic mass is 31.1. The minimum absolute atomic E-state index is 0.207. The minimum atomic E-state index is -0.207. The molecule has 0 aliphatic rings. The molecule has 0 spiro atoms. The summed E-state index contributed by atoms with van der Waals surface area (Å²) in [5, 5.41) is 10.2. The van der Waals surface area contributed by atoms with Crippen LogP contribution in [0, 0.1) is 27.7 Å². The highest BCUT2D eigenvalue weighted by Crippen LogP contribution is 2.35. The lowest BCUT2D eigenvalue weighted by molar-refractivity contribution is 0.374. The molecule has 4 heteroatoms. The van der Waals surface area contributed by atoms with Gasteiger partial charge >= 0.3 is 0 Å². The van der Waals surface area contributed by atoms with Crippen molar-refractivity contribution in [1.82, 2.24) is 0 Å². The van der Waals surface area contributed by atoms with Crippen molar-refractivity contribution in [1.29, 1.82) is 0 Å². The summed E-state index contributed by atoms with van der Waals surface area (Å²) in [4.78, 5) is 9.09. The van der Waals surface area contributed by atoms with Gasteiger partial charge in [-0.2, -0.15) is 0 Å². The first-order valence-electron chi connectivity index (χ1n) is 9.22. The van der Waals surface area contributed by atoms with Crippen LogP contribution in [0.4, 0.5) is 0 Å². The molecule has 142 valence electrons. The summed E-state index contributed by atoms with van der Waals surface area (Å²) in [6, 6.07) is 5.98. The molecule has 2 unspecified atom stereocenters. The lowest BCUT2D eigenvalue weighted by Gasteiger charge is -2.21. The van der Waals surface area contributed by atoms with Crippen LogP contribution < -0.4 is 4.74 Å². The van der Waals surface area contributed by atoms with Gasteiger partial charge in [0.2, 0.25) is 0 Å². The number of phenols is 1. The van der Waals surface area contributed by atoms with E-state index in [1.54, 1.807) is 0 Å². The maximum Gasteiger partial charge on any atom is 0.129 e. The van der Waals surface area contributed by atoms with E-state index in [1.165, 1.54) is 22.3 Å². The van der Waals surface area contributed by atoms with Crippen LogP contribution in [0.3, 0.4) is 0 Å². The van der Waals surface area contributed by atoms with E-state index >= 15 is 0 Å². The van der Waals surface area contributed by atoms with E-state index in [9.17, 15) is 5.11 Å². The fourth-order valence-corrected chi connectivity index (χ4v) is 3.68. The zero-order chi connectivity index (χ0) is 19.4. The number of hydrogen-bond acceptors (Lipinski definition) is 3. The molecule has 0 heterocycles. The molecular formula is C22H31O3P. The molecule has 0 saturated heterocycles. The van der Waals surface area contributed by atoms with Crippen LogP contribution >= 0.6 is 8.81 Å². The second-order valence-electron chi connectivity index (χ2n) is 7.13. The Morgan fingerprint density at radius 2 is 1.65 bits per heavy atom. The van der Waals surface area contributed by atoms with Gasteiger partial charge in [0.15, 0.2) is 0 Å². The van der Waals surface area contributed by atoms with Gasteiger partial charge in [-0.3, -0.25) is 0 Å². The molecular weight excluding hydrogens is 343 g/mol. The lowest BCUT2D eigenvalue weighted by atomic mass is 9.88. The molecule has 0 fully saturated rings. The number of hydrogen-bond donors (Lipinski definition) is 2. The van der Waals surface area contributed by atoms with Gasteiger partial charge in [-0.25, -0.2) is 0 Å². The topological polar surface area (TPSA) is 49.7 Å². The maximum atomic E-state index is 10.2. The van der Waals surface area contributed by atoms with Crippen LogP contribution in [-0.4, -0.2) is 16.3 Å². The van der Waals surface area contributed by atoms with Gasteiger partial charge in [0.1, 0.15) is 17.8 Å². The molecule has 0 bridgehead atoms. The van der Waals surface area contributed by atoms with Crippen LogP contribution in [0.2, 0.25) is 0 Å². The van der Waals surface area contributed by atoms with Crippen molar-refractivity contribution in [2.24, 2.45) is 0 Å². The van der Waals surface area contributed by atoms with Crippen molar-refractivity contribution >= 4 is 8.81 Å². The molecule has 2 atom stereocenters. The fourth-order valence-electron chi connectivity index (χ4n) is 3.47. The molecule has 0 aliphatic carbocycles. The van der Waals surface area contributed by atoms with E-state index in [2.05, 4.69) is 47.6 Å². The highest BCUT2D eigenvalue weighted by molar-refractivity contribution is 7.30. The van der Waals surface area contributed by atoms with Crippen LogP contribution in [-0.2, 0) is 6.42 Å². The summed E-state index contributed by atoms with van der Waals surface area (Å²) in [5.41, 5.74) is 8.32. The molecule has 2 rings (SSSR count). The van der Waals surface area contributed by atoms with Crippen molar-refractivity contribution in [3.8, 4) is 11.5 Å². The Morgan fingerprint density at radius 3 is 2.19 bits per heavy atom. The molecule has 2 aromatic rings. The number of phenolic OH excluding ortho intramolecular Hbond substituents is 1. The van der Waals surface area contributed by atoms with Crippen molar-refractivity contribution in [2.75, 3.05) is 6.35 Å². The van der Waals surface area contributed by atoms with Gasteiger partial charge in [0.25, 0.3) is 0 Å². The molecule has 26 heavy (non-hydrogen) atoms. The van der Waals surface area contributed by atoms with Crippen molar-refractivity contribution in [3.63, 3.8) is 0 Å². The van der Waals surface area contributed by atoms with Crippen LogP contribution in [0.5, 0.6) is 11.5 Å². The Morgan fingerprint density at radius 1 is 1.04 bits per heavy atom. The van der Waals surface area contributed by atoms with Gasteiger partial charge in [-0.1, -0.05) is 26.0 Å². The van der Waals surface area contributed by atoms with Gasteiger partial charge in [0, 0.05) is 8.81 Å². The average molecular weight is 374 g/mol. The molecule has 0 radical (unpaired) electrons. The number of ether oxygens (including phenoxy) is 1. The minimum Gasteiger partial charge on any atom is -0.508 e. The first kappa shape index (κ1) is 20.7. The lowest BCUT2D eigenvalue weighted by Crippen LogP contribution is -2.06. The third kappa shape index (κ3) is 4.22. The third-order valence-corrected chi connectivity index (χ3v) is 5.88. The smallest absolute Gasteiger partial charge is 0.129 e. The zero-order valence-electron chi connectivity index (χ0n) is 16.7. The van der Waals surface area contributed by atoms with E-state index in [0.717, 1.165) is 35.3 Å². The molecule has 0 amide bonds. The molecule has 2 N–H and O–H groups in total. The molecule has 0 aromatic heterocycles. The summed E-state index contributed by atoms with van der Waals surface area (Å²) < 4.78 is 5.79. The summed E-state index contributed by atoms with van der Waals surface area (Å²) in [6.07, 6.45) is 2.19. The summed E-state index contributed by atoms with van der Waals surface area (Å²) in [6.45, 7) is 12.7. The van der Waals surface area contributed by atoms with Crippen LogP contribution in [0.1, 0.15) is 65.1 Å². The zero-order valence-corrected chi connectivity index (χ0v) is 17.7. The van der Waals surface area contributed by atoms with Gasteiger partial charge in [-0.05, 0) is 91.5 Å². The third-order valence-electron chi connectivity index (χ3n) is 5.61. The summed E-state index contributed by atoms with van der Waals surface area (Å²) in [5.74, 6) is 1.63. The molecule has 0 saturated carbocycles. The van der Waals surface area contributed by atoms with E-state index in [0.29, 0.717) is 18.0 Å². The Kier molecular flexibility index (Phi) is 7.08. The normalized spacial score (nSPS) is 12.7. The standard InChI is InChI=1S/C22H31O3P/c1-7-13(2)19-10-18(8-9-21(19)23)11-20-14(3)16(5)22(25-12-26-24)17(6)15(20)4/h8-10,13,23-24,26H,7,11-12H2,1-6H3. The largest absolute Gasteiger partial charge is 0.508 e. The average Bonchev–Trinajstić information content (AvgIpc) is 2.64. The molecule has 2 aromatic carbocycles. The van der Waals surface area contributed by atoms with Crippen LogP contribution in [0.25, 0.3) is 0 Å². The Bertz CT molecular complexity index is 754. The quantitative estimate of drug-likeness (QED) is 0.616. The van der Waals surface area contributed by atoms with E-state index in [4.69, 9.17) is 9.63 Å². The predicted octanol–water partition coefficient (Wildman–Crippen LogP) is 5.65. The second-order valence-corrected chi connectivity index (χ2v) is 7.74. The van der Waals surface area contributed by atoms with Gasteiger partial charge in [0.05, 0.1) is 0 Å². The molecule has 0 aliphatic heterocycles. The summed E-state index contributed by atoms with van der Waals surface area (Å²) >= 11 is 0. The molecule has 3 nitrogen and oxygen atoms in total. The summed E-state index contributed by atoms with van der Waals surface area (Å²) in [7, 11) is -0.207. The fraction of sp³-hybridized carbons (Fsp3) is 0.455. The number of aromatic hydroxyl groups is 1. The van der Waals surface area contributed by atoms with Crippen molar-refractivity contribution < 1.29 is 14.7 Å². The second kappa shape index (κ2) is 8.88. The predicted molar refractivity (Wildman–Crippen MR) is 111 cm³/mol. The first-order valence-corrected chi connectivity index (χ1v) is 10.4. The Hall–Kier alpha value is -1.57. The number of rotatable bonds is 7. The monoisotopic (exact) mass is 374 g/mol. The van der Waals surface area contributed by atoms with Gasteiger partial charge < -0.3 is 14.7 Å². The maximum absolute atomic E-state index is 10.2. The van der Waals surface area contributed by atoms with Crippen molar-refractivity contribution in [3.05, 3.63) is 57.1 Å². The van der Waals surface area contributed by atoms with E-state index < -0.39 is 0 Å². The van der Waals surface area contributed by atoms with Crippen molar-refractivity contribution in [2.45, 2.75) is 60.3 Å². The Balaban J connectivity index is 2.44. The highest BCUT2D eigenvalue weighted by Gasteiger charge is 2.17. The van der Waals surface area contributed by atoms with Gasteiger partial charge in [-0.15, -0.1) is 0 Å². The van der Waals surface area contributed by atoms with E-state index in [1.807, 2.05) is 12.1 Å². The first-order chi connectivity index (χ1) is 12.3. The van der Waals surface area contributed by atoms with Crippen LogP contribution in [0.15, 0.2) is 18.2 Å². The SMILES string of the molecule is CCC(C)c1cc(Cc2c(C)c(C)c(OCPO)c(C)c2C)ccc1O.